The molecule has 0 radical (unpaired) electrons. The normalized spacial score (nSPS) is 13.0. The van der Waals surface area contributed by atoms with E-state index in [0.717, 1.165) is 15.8 Å². The third-order valence-corrected chi connectivity index (χ3v) is 4.98. The fourth-order valence-electron chi connectivity index (χ4n) is 3.48. The number of furan rings is 1. The lowest BCUT2D eigenvalue weighted by Gasteiger charge is -2.11. The molecule has 2 aromatic heterocycles. The average Bonchev–Trinajstić information content (AvgIpc) is 3.36. The summed E-state index contributed by atoms with van der Waals surface area (Å²) in [5.41, 5.74) is 2.13. The van der Waals surface area contributed by atoms with Crippen LogP contribution in [0.4, 0.5) is 5.69 Å². The van der Waals surface area contributed by atoms with Crippen molar-refractivity contribution in [1.82, 2.24) is 9.88 Å². The summed E-state index contributed by atoms with van der Waals surface area (Å²) < 4.78 is 5.23. The molecule has 1 N–H and O–H groups in total. The number of hydrogen-bond donors (Lipinski definition) is 1. The van der Waals surface area contributed by atoms with Gasteiger partial charge in [0.1, 0.15) is 5.76 Å². The third kappa shape index (κ3) is 3.02. The zero-order chi connectivity index (χ0) is 20.7. The van der Waals surface area contributed by atoms with Gasteiger partial charge in [0.05, 0.1) is 41.3 Å². The molecule has 30 heavy (non-hydrogen) atoms. The van der Waals surface area contributed by atoms with Gasteiger partial charge in [-0.25, -0.2) is 0 Å². The molecule has 7 heteroatoms. The largest absolute Gasteiger partial charge is 0.467 e. The number of pyridine rings is 1. The Kier molecular flexibility index (Phi) is 4.14. The minimum absolute atomic E-state index is 0.0453. The Morgan fingerprint density at radius 3 is 2.63 bits per heavy atom. The van der Waals surface area contributed by atoms with E-state index in [9.17, 15) is 14.4 Å². The lowest BCUT2D eigenvalue weighted by Crippen LogP contribution is -2.28. The van der Waals surface area contributed by atoms with E-state index in [2.05, 4.69) is 10.3 Å². The van der Waals surface area contributed by atoms with Gasteiger partial charge in [-0.2, -0.15) is 0 Å². The molecule has 1 aliphatic heterocycles. The van der Waals surface area contributed by atoms with Crippen LogP contribution in [0.1, 0.15) is 36.8 Å². The molecule has 4 aromatic rings. The molecule has 146 valence electrons. The smallest absolute Gasteiger partial charge is 0.261 e. The molecule has 3 amide bonds. The molecule has 0 atom stereocenters. The number of amides is 3. The SMILES string of the molecule is O=C(Nc1cnc2ccccc2c1)c1ccc2c(c1)C(=O)N(Cc1ccco1)C2=O. The van der Waals surface area contributed by atoms with E-state index < -0.39 is 11.8 Å². The van der Waals surface area contributed by atoms with E-state index in [1.54, 1.807) is 18.3 Å². The van der Waals surface area contributed by atoms with Crippen LogP contribution in [-0.4, -0.2) is 27.6 Å². The fourth-order valence-corrected chi connectivity index (χ4v) is 3.48. The number of anilines is 1. The lowest BCUT2D eigenvalue weighted by molar-refractivity contribution is 0.0631. The van der Waals surface area contributed by atoms with Crippen molar-refractivity contribution in [2.45, 2.75) is 6.54 Å². The summed E-state index contributed by atoms with van der Waals surface area (Å²) in [6, 6.07) is 17.3. The van der Waals surface area contributed by atoms with Crippen LogP contribution in [0.25, 0.3) is 10.9 Å². The number of hydrogen-bond acceptors (Lipinski definition) is 5. The molecule has 0 saturated heterocycles. The first kappa shape index (κ1) is 17.8. The van der Waals surface area contributed by atoms with Crippen molar-refractivity contribution in [1.29, 1.82) is 0 Å². The van der Waals surface area contributed by atoms with Crippen molar-refractivity contribution in [3.8, 4) is 0 Å². The van der Waals surface area contributed by atoms with Crippen molar-refractivity contribution in [3.63, 3.8) is 0 Å². The number of aromatic nitrogens is 1. The van der Waals surface area contributed by atoms with Gasteiger partial charge in [0.15, 0.2) is 0 Å². The lowest BCUT2D eigenvalue weighted by atomic mass is 10.1. The van der Waals surface area contributed by atoms with Gasteiger partial charge in [-0.1, -0.05) is 18.2 Å². The maximum absolute atomic E-state index is 12.7. The van der Waals surface area contributed by atoms with Crippen molar-refractivity contribution >= 4 is 34.3 Å². The first-order valence-corrected chi connectivity index (χ1v) is 9.29. The maximum atomic E-state index is 12.7. The number of carbonyl (C=O) groups is 3. The molecule has 5 rings (SSSR count). The zero-order valence-electron chi connectivity index (χ0n) is 15.7. The molecule has 0 fully saturated rings. The predicted molar refractivity (Wildman–Crippen MR) is 109 cm³/mol. The van der Waals surface area contributed by atoms with Crippen molar-refractivity contribution in [3.05, 3.63) is 95.6 Å². The minimum Gasteiger partial charge on any atom is -0.467 e. The predicted octanol–water partition coefficient (Wildman–Crippen LogP) is 3.88. The fraction of sp³-hybridized carbons (Fsp3) is 0.0435. The summed E-state index contributed by atoms with van der Waals surface area (Å²) in [5.74, 6) is -0.739. The van der Waals surface area contributed by atoms with Crippen LogP contribution in [0.2, 0.25) is 0 Å². The molecule has 1 aliphatic rings. The number of nitrogens with zero attached hydrogens (tertiary/aromatic N) is 2. The highest BCUT2D eigenvalue weighted by atomic mass is 16.3. The monoisotopic (exact) mass is 397 g/mol. The highest BCUT2D eigenvalue weighted by Crippen LogP contribution is 2.26. The summed E-state index contributed by atoms with van der Waals surface area (Å²) in [5, 5.41) is 3.69. The molecule has 7 nitrogen and oxygen atoms in total. The van der Waals surface area contributed by atoms with Gasteiger partial charge in [-0.3, -0.25) is 24.3 Å². The molecule has 0 bridgehead atoms. The van der Waals surface area contributed by atoms with Crippen LogP contribution in [0.3, 0.4) is 0 Å². The first-order chi connectivity index (χ1) is 14.6. The van der Waals surface area contributed by atoms with E-state index >= 15 is 0 Å². The molecule has 0 aliphatic carbocycles. The second-order valence-electron chi connectivity index (χ2n) is 6.91. The molecule has 0 saturated carbocycles. The molecule has 3 heterocycles. The van der Waals surface area contributed by atoms with Gasteiger partial charge < -0.3 is 9.73 Å². The van der Waals surface area contributed by atoms with E-state index in [1.807, 2.05) is 30.3 Å². The summed E-state index contributed by atoms with van der Waals surface area (Å²) in [6.07, 6.45) is 3.06. The highest BCUT2D eigenvalue weighted by Gasteiger charge is 2.36. The number of rotatable bonds is 4. The molecule has 2 aromatic carbocycles. The second kappa shape index (κ2) is 6.97. The Morgan fingerprint density at radius 1 is 0.967 bits per heavy atom. The number of fused-ring (bicyclic) bond motifs is 2. The third-order valence-electron chi connectivity index (χ3n) is 4.98. The molecule has 0 unspecified atom stereocenters. The van der Waals surface area contributed by atoms with Crippen molar-refractivity contribution in [2.24, 2.45) is 0 Å². The Hall–Kier alpha value is -4.26. The molecular formula is C23H15N3O4. The van der Waals surface area contributed by atoms with Crippen LogP contribution in [0.5, 0.6) is 0 Å². The minimum atomic E-state index is -0.451. The van der Waals surface area contributed by atoms with E-state index in [1.165, 1.54) is 24.5 Å². The Labute approximate surface area is 170 Å². The second-order valence-corrected chi connectivity index (χ2v) is 6.91. The maximum Gasteiger partial charge on any atom is 0.261 e. The first-order valence-electron chi connectivity index (χ1n) is 9.29. The van der Waals surface area contributed by atoms with Crippen LogP contribution in [0, 0.1) is 0 Å². The van der Waals surface area contributed by atoms with Gasteiger partial charge in [0.2, 0.25) is 0 Å². The molecule has 0 spiro atoms. The topological polar surface area (TPSA) is 92.5 Å². The molecular weight excluding hydrogens is 382 g/mol. The van der Waals surface area contributed by atoms with Gasteiger partial charge in [-0.05, 0) is 42.5 Å². The van der Waals surface area contributed by atoms with Crippen LogP contribution in [-0.2, 0) is 6.54 Å². The Balaban J connectivity index is 1.39. The van der Waals surface area contributed by atoms with Crippen LogP contribution >= 0.6 is 0 Å². The number of carbonyl (C=O) groups excluding carboxylic acids is 3. The highest BCUT2D eigenvalue weighted by molar-refractivity contribution is 6.22. The van der Waals surface area contributed by atoms with Gasteiger partial charge in [-0.15, -0.1) is 0 Å². The Bertz CT molecular complexity index is 1310. The van der Waals surface area contributed by atoms with Crippen LogP contribution < -0.4 is 5.32 Å². The van der Waals surface area contributed by atoms with Gasteiger partial charge in [0.25, 0.3) is 17.7 Å². The quantitative estimate of drug-likeness (QED) is 0.528. The standard InChI is InChI=1S/C23H15N3O4/c27-21(25-16-10-14-4-1-2-6-20(14)24-12-16)15-7-8-18-19(11-15)23(29)26(22(18)28)13-17-5-3-9-30-17/h1-12H,13H2,(H,25,27). The summed E-state index contributed by atoms with van der Waals surface area (Å²) in [4.78, 5) is 43.5. The van der Waals surface area contributed by atoms with E-state index in [0.29, 0.717) is 11.4 Å². The zero-order valence-corrected chi connectivity index (χ0v) is 15.7. The summed E-state index contributed by atoms with van der Waals surface area (Å²) in [7, 11) is 0. The van der Waals surface area contributed by atoms with Crippen molar-refractivity contribution in [2.75, 3.05) is 5.32 Å². The number of benzene rings is 2. The van der Waals surface area contributed by atoms with E-state index in [4.69, 9.17) is 4.42 Å². The van der Waals surface area contributed by atoms with Crippen molar-refractivity contribution < 1.29 is 18.8 Å². The van der Waals surface area contributed by atoms with Gasteiger partial charge in [0, 0.05) is 10.9 Å². The number of nitrogens with one attached hydrogen (secondary N) is 1. The number of para-hydroxylation sites is 1. The van der Waals surface area contributed by atoms with E-state index in [-0.39, 0.29) is 29.1 Å². The summed E-state index contributed by atoms with van der Waals surface area (Å²) >= 11 is 0. The Morgan fingerprint density at radius 2 is 1.80 bits per heavy atom. The summed E-state index contributed by atoms with van der Waals surface area (Å²) in [6.45, 7) is 0.0453. The average molecular weight is 397 g/mol. The van der Waals surface area contributed by atoms with Crippen LogP contribution in [0.15, 0.2) is 77.5 Å². The van der Waals surface area contributed by atoms with Gasteiger partial charge >= 0.3 is 0 Å². The number of imide groups is 1.